The molecule has 18 heavy (non-hydrogen) atoms. The van der Waals surface area contributed by atoms with Gasteiger partial charge in [-0.2, -0.15) is 5.10 Å². The van der Waals surface area contributed by atoms with E-state index in [9.17, 15) is 9.50 Å². The molecule has 2 rings (SSSR count). The van der Waals surface area contributed by atoms with Gasteiger partial charge in [-0.25, -0.2) is 4.39 Å². The maximum absolute atomic E-state index is 12.8. The Hall–Kier alpha value is -1.88. The van der Waals surface area contributed by atoms with Crippen molar-refractivity contribution < 1.29 is 9.50 Å². The van der Waals surface area contributed by atoms with Crippen LogP contribution in [0.2, 0.25) is 0 Å². The third-order valence-electron chi connectivity index (χ3n) is 2.79. The van der Waals surface area contributed by atoms with Gasteiger partial charge in [0.15, 0.2) is 0 Å². The van der Waals surface area contributed by atoms with Gasteiger partial charge in [-0.05, 0) is 31.2 Å². The quantitative estimate of drug-likeness (QED) is 0.871. The van der Waals surface area contributed by atoms with Gasteiger partial charge < -0.3 is 10.4 Å². The minimum atomic E-state index is -0.279. The number of benzene rings is 1. The van der Waals surface area contributed by atoms with Crippen molar-refractivity contribution in [2.45, 2.75) is 13.0 Å². The number of anilines is 1. The molecule has 0 amide bonds. The van der Waals surface area contributed by atoms with Crippen LogP contribution in [0.25, 0.3) is 0 Å². The molecule has 0 radical (unpaired) electrons. The van der Waals surface area contributed by atoms with Gasteiger partial charge in [0.2, 0.25) is 0 Å². The van der Waals surface area contributed by atoms with E-state index < -0.39 is 0 Å². The first-order chi connectivity index (χ1) is 8.60. The summed E-state index contributed by atoms with van der Waals surface area (Å²) in [6.07, 6.45) is 1.87. The number of halogens is 1. The summed E-state index contributed by atoms with van der Waals surface area (Å²) in [5.74, 6) is -0.279. The Labute approximate surface area is 105 Å². The zero-order valence-electron chi connectivity index (χ0n) is 10.4. The van der Waals surface area contributed by atoms with Crippen LogP contribution in [0.4, 0.5) is 10.1 Å². The second kappa shape index (κ2) is 5.18. The standard InChI is InChI=1S/C13H16FN3O/c1-9-12(7-17(2)16-9)13(8-18)15-11-5-3-10(14)4-6-11/h3-7,13,15,18H,8H2,1-2H3. The van der Waals surface area contributed by atoms with Crippen molar-refractivity contribution in [3.8, 4) is 0 Å². The van der Waals surface area contributed by atoms with Crippen LogP contribution in [0.15, 0.2) is 30.5 Å². The molecular weight excluding hydrogens is 233 g/mol. The summed E-state index contributed by atoms with van der Waals surface area (Å²) in [5.41, 5.74) is 2.56. The molecule has 1 aromatic heterocycles. The molecule has 0 saturated heterocycles. The normalized spacial score (nSPS) is 12.4. The van der Waals surface area contributed by atoms with Crippen LogP contribution < -0.4 is 5.32 Å². The van der Waals surface area contributed by atoms with Gasteiger partial charge in [0.25, 0.3) is 0 Å². The Balaban J connectivity index is 2.19. The largest absolute Gasteiger partial charge is 0.394 e. The molecule has 0 aliphatic rings. The molecule has 1 heterocycles. The summed E-state index contributed by atoms with van der Waals surface area (Å²) in [6.45, 7) is 1.84. The minimum absolute atomic E-state index is 0.0517. The highest BCUT2D eigenvalue weighted by Gasteiger charge is 2.15. The first-order valence-corrected chi connectivity index (χ1v) is 5.73. The molecule has 0 spiro atoms. The summed E-state index contributed by atoms with van der Waals surface area (Å²) in [4.78, 5) is 0. The smallest absolute Gasteiger partial charge is 0.123 e. The molecule has 0 fully saturated rings. The second-order valence-corrected chi connectivity index (χ2v) is 4.23. The van der Waals surface area contributed by atoms with Gasteiger partial charge >= 0.3 is 0 Å². The maximum Gasteiger partial charge on any atom is 0.123 e. The molecule has 0 aliphatic heterocycles. The van der Waals surface area contributed by atoms with Crippen LogP contribution in [0.3, 0.4) is 0 Å². The van der Waals surface area contributed by atoms with Crippen LogP contribution in [0, 0.1) is 12.7 Å². The third kappa shape index (κ3) is 2.68. The number of aliphatic hydroxyl groups is 1. The predicted octanol–water partition coefficient (Wildman–Crippen LogP) is 2.01. The third-order valence-corrected chi connectivity index (χ3v) is 2.79. The first-order valence-electron chi connectivity index (χ1n) is 5.73. The van der Waals surface area contributed by atoms with Crippen LogP contribution in [-0.4, -0.2) is 21.5 Å². The number of rotatable bonds is 4. The van der Waals surface area contributed by atoms with Crippen molar-refractivity contribution >= 4 is 5.69 Å². The van der Waals surface area contributed by atoms with Gasteiger partial charge in [0.05, 0.1) is 18.3 Å². The first kappa shape index (κ1) is 12.6. The average Bonchev–Trinajstić information content (AvgIpc) is 2.68. The molecule has 5 heteroatoms. The molecule has 2 N–H and O–H groups in total. The SMILES string of the molecule is Cc1nn(C)cc1C(CO)Nc1ccc(F)cc1. The van der Waals surface area contributed by atoms with Crippen LogP contribution in [-0.2, 0) is 7.05 Å². The van der Waals surface area contributed by atoms with Crippen molar-refractivity contribution in [1.82, 2.24) is 9.78 Å². The topological polar surface area (TPSA) is 50.1 Å². The Kier molecular flexibility index (Phi) is 3.62. The lowest BCUT2D eigenvalue weighted by Crippen LogP contribution is -2.15. The van der Waals surface area contributed by atoms with Crippen molar-refractivity contribution in [3.63, 3.8) is 0 Å². The second-order valence-electron chi connectivity index (χ2n) is 4.23. The molecule has 96 valence electrons. The molecule has 1 unspecified atom stereocenters. The zero-order valence-corrected chi connectivity index (χ0v) is 10.4. The Bertz CT molecular complexity index is 522. The van der Waals surface area contributed by atoms with E-state index in [2.05, 4.69) is 10.4 Å². The minimum Gasteiger partial charge on any atom is -0.394 e. The maximum atomic E-state index is 12.8. The average molecular weight is 249 g/mol. The van der Waals surface area contributed by atoms with Crippen LogP contribution in [0.1, 0.15) is 17.3 Å². The van der Waals surface area contributed by atoms with Gasteiger partial charge in [0, 0.05) is 24.5 Å². The van der Waals surface area contributed by atoms with Gasteiger partial charge in [0.1, 0.15) is 5.82 Å². The fourth-order valence-electron chi connectivity index (χ4n) is 1.93. The molecule has 1 atom stereocenters. The number of aryl methyl sites for hydroxylation is 2. The molecular formula is C13H16FN3O. The molecule has 1 aromatic carbocycles. The fourth-order valence-corrected chi connectivity index (χ4v) is 1.93. The molecule has 4 nitrogen and oxygen atoms in total. The van der Waals surface area contributed by atoms with Crippen molar-refractivity contribution in [2.75, 3.05) is 11.9 Å². The number of aromatic nitrogens is 2. The zero-order chi connectivity index (χ0) is 13.1. The summed E-state index contributed by atoms with van der Waals surface area (Å²) >= 11 is 0. The van der Waals surface area contributed by atoms with Crippen LogP contribution in [0.5, 0.6) is 0 Å². The number of hydrogen-bond acceptors (Lipinski definition) is 3. The highest BCUT2D eigenvalue weighted by Crippen LogP contribution is 2.21. The monoisotopic (exact) mass is 249 g/mol. The van der Waals surface area contributed by atoms with Crippen LogP contribution >= 0.6 is 0 Å². The van der Waals surface area contributed by atoms with E-state index in [-0.39, 0.29) is 18.5 Å². The Morgan fingerprint density at radius 3 is 2.56 bits per heavy atom. The number of nitrogens with one attached hydrogen (secondary N) is 1. The summed E-state index contributed by atoms with van der Waals surface area (Å²) in [7, 11) is 1.84. The van der Waals surface area contributed by atoms with E-state index in [0.29, 0.717) is 0 Å². The Morgan fingerprint density at radius 1 is 1.39 bits per heavy atom. The molecule has 0 bridgehead atoms. The van der Waals surface area contributed by atoms with E-state index in [0.717, 1.165) is 16.9 Å². The molecule has 0 saturated carbocycles. The van der Waals surface area contributed by atoms with Gasteiger partial charge in [-0.15, -0.1) is 0 Å². The lowest BCUT2D eigenvalue weighted by atomic mass is 10.1. The summed E-state index contributed by atoms with van der Waals surface area (Å²) in [6, 6.07) is 5.80. The van der Waals surface area contributed by atoms with Gasteiger partial charge in [-0.1, -0.05) is 0 Å². The Morgan fingerprint density at radius 2 is 2.06 bits per heavy atom. The highest BCUT2D eigenvalue weighted by molar-refractivity contribution is 5.45. The van der Waals surface area contributed by atoms with Crippen molar-refractivity contribution in [2.24, 2.45) is 7.05 Å². The van der Waals surface area contributed by atoms with Crippen molar-refractivity contribution in [1.29, 1.82) is 0 Å². The van der Waals surface area contributed by atoms with E-state index in [1.165, 1.54) is 12.1 Å². The fraction of sp³-hybridized carbons (Fsp3) is 0.308. The number of nitrogens with zero attached hydrogens (tertiary/aromatic N) is 2. The van der Waals surface area contributed by atoms with E-state index >= 15 is 0 Å². The number of hydrogen-bond donors (Lipinski definition) is 2. The van der Waals surface area contributed by atoms with Gasteiger partial charge in [-0.3, -0.25) is 4.68 Å². The number of aliphatic hydroxyl groups excluding tert-OH is 1. The van der Waals surface area contributed by atoms with E-state index in [4.69, 9.17) is 0 Å². The molecule has 2 aromatic rings. The summed E-state index contributed by atoms with van der Waals surface area (Å²) < 4.78 is 14.5. The molecule has 0 aliphatic carbocycles. The van der Waals surface area contributed by atoms with E-state index in [1.54, 1.807) is 16.8 Å². The predicted molar refractivity (Wildman–Crippen MR) is 67.8 cm³/mol. The highest BCUT2D eigenvalue weighted by atomic mass is 19.1. The van der Waals surface area contributed by atoms with Crippen molar-refractivity contribution in [3.05, 3.63) is 47.5 Å². The summed E-state index contributed by atoms with van der Waals surface area (Å²) in [5, 5.41) is 16.9. The lowest BCUT2D eigenvalue weighted by molar-refractivity contribution is 0.276. The van der Waals surface area contributed by atoms with E-state index in [1.807, 2.05) is 20.2 Å². The lowest BCUT2D eigenvalue weighted by Gasteiger charge is -2.17.